The van der Waals surface area contributed by atoms with Crippen molar-refractivity contribution in [2.75, 3.05) is 13.7 Å². The molecule has 3 rings (SSSR count). The maximum absolute atomic E-state index is 14.0. The SMILES string of the molecule is COc1cccc(C2CCCN2S(=O)(=O)c2c(F)cccc2F)c1. The lowest BCUT2D eigenvalue weighted by molar-refractivity contribution is 0.384. The molecule has 2 aromatic carbocycles. The number of ether oxygens (including phenoxy) is 1. The zero-order valence-corrected chi connectivity index (χ0v) is 13.9. The first-order valence-corrected chi connectivity index (χ1v) is 8.99. The molecule has 0 N–H and O–H groups in total. The molecule has 1 unspecified atom stereocenters. The van der Waals surface area contributed by atoms with Crippen LogP contribution in [-0.2, 0) is 10.0 Å². The van der Waals surface area contributed by atoms with Crippen molar-refractivity contribution in [3.05, 3.63) is 59.7 Å². The summed E-state index contributed by atoms with van der Waals surface area (Å²) in [7, 11) is -2.75. The standard InChI is InChI=1S/C17H17F2NO3S/c1-23-13-6-2-5-12(11-13)16-9-4-10-20(16)24(21,22)17-14(18)7-3-8-15(17)19/h2-3,5-8,11,16H,4,9-10H2,1H3. The van der Waals surface area contributed by atoms with Gasteiger partial charge >= 0.3 is 0 Å². The minimum atomic E-state index is -4.27. The average Bonchev–Trinajstić information content (AvgIpc) is 3.05. The number of rotatable bonds is 4. The second-order valence-electron chi connectivity index (χ2n) is 5.60. The lowest BCUT2D eigenvalue weighted by Crippen LogP contribution is -2.32. The third kappa shape index (κ3) is 2.89. The molecule has 0 radical (unpaired) electrons. The Balaban J connectivity index is 2.04. The van der Waals surface area contributed by atoms with Crippen molar-refractivity contribution in [2.24, 2.45) is 0 Å². The largest absolute Gasteiger partial charge is 0.497 e. The van der Waals surface area contributed by atoms with E-state index in [1.165, 1.54) is 11.4 Å². The van der Waals surface area contributed by atoms with Gasteiger partial charge in [0.05, 0.1) is 13.2 Å². The van der Waals surface area contributed by atoms with Crippen LogP contribution in [0, 0.1) is 11.6 Å². The normalized spacial score (nSPS) is 18.7. The van der Waals surface area contributed by atoms with Gasteiger partial charge in [0, 0.05) is 6.54 Å². The molecule has 0 aliphatic carbocycles. The molecule has 0 spiro atoms. The van der Waals surface area contributed by atoms with E-state index < -0.39 is 32.6 Å². The number of nitrogens with zero attached hydrogens (tertiary/aromatic N) is 1. The van der Waals surface area contributed by atoms with E-state index >= 15 is 0 Å². The molecular formula is C17H17F2NO3S. The molecule has 7 heteroatoms. The lowest BCUT2D eigenvalue weighted by atomic mass is 10.1. The monoisotopic (exact) mass is 353 g/mol. The van der Waals surface area contributed by atoms with Crippen LogP contribution in [0.5, 0.6) is 5.75 Å². The van der Waals surface area contributed by atoms with Crippen LogP contribution >= 0.6 is 0 Å². The Bertz CT molecular complexity index is 834. The summed E-state index contributed by atoms with van der Waals surface area (Å²) in [6.07, 6.45) is 1.21. The Hall–Kier alpha value is -1.99. The molecule has 1 heterocycles. The van der Waals surface area contributed by atoms with Crippen molar-refractivity contribution < 1.29 is 21.9 Å². The van der Waals surface area contributed by atoms with Gasteiger partial charge in [0.2, 0.25) is 10.0 Å². The predicted molar refractivity (Wildman–Crippen MR) is 85.2 cm³/mol. The van der Waals surface area contributed by atoms with Gasteiger partial charge in [0.25, 0.3) is 0 Å². The van der Waals surface area contributed by atoms with Crippen LogP contribution < -0.4 is 4.74 Å². The molecule has 1 fully saturated rings. The highest BCUT2D eigenvalue weighted by atomic mass is 32.2. The fraction of sp³-hybridized carbons (Fsp3) is 0.294. The zero-order chi connectivity index (χ0) is 17.3. The maximum atomic E-state index is 14.0. The van der Waals surface area contributed by atoms with Gasteiger partial charge < -0.3 is 4.74 Å². The summed E-state index contributed by atoms with van der Waals surface area (Å²) in [5, 5.41) is 0. The number of benzene rings is 2. The first-order valence-electron chi connectivity index (χ1n) is 7.55. The quantitative estimate of drug-likeness (QED) is 0.845. The fourth-order valence-corrected chi connectivity index (χ4v) is 4.85. The Morgan fingerprint density at radius 2 is 1.79 bits per heavy atom. The molecule has 0 saturated carbocycles. The van der Waals surface area contributed by atoms with Crippen LogP contribution in [0.1, 0.15) is 24.4 Å². The van der Waals surface area contributed by atoms with E-state index in [4.69, 9.17) is 4.74 Å². The van der Waals surface area contributed by atoms with Gasteiger partial charge in [-0.3, -0.25) is 0 Å². The summed E-state index contributed by atoms with van der Waals surface area (Å²) in [6.45, 7) is 0.220. The van der Waals surface area contributed by atoms with Gasteiger partial charge in [-0.25, -0.2) is 17.2 Å². The molecule has 1 aliphatic rings. The summed E-state index contributed by atoms with van der Waals surface area (Å²) in [5.41, 5.74) is 0.743. The Morgan fingerprint density at radius 3 is 2.46 bits per heavy atom. The van der Waals surface area contributed by atoms with E-state index in [0.717, 1.165) is 23.8 Å². The summed E-state index contributed by atoms with van der Waals surface area (Å²) < 4.78 is 60.0. The Labute approximate surface area is 139 Å². The van der Waals surface area contributed by atoms with Crippen LogP contribution in [0.15, 0.2) is 47.4 Å². The van der Waals surface area contributed by atoms with Crippen LogP contribution in [0.3, 0.4) is 0 Å². The summed E-state index contributed by atoms with van der Waals surface area (Å²) in [5.74, 6) is -1.55. The van der Waals surface area contributed by atoms with Crippen molar-refractivity contribution in [2.45, 2.75) is 23.8 Å². The molecule has 1 saturated heterocycles. The number of methoxy groups -OCH3 is 1. The van der Waals surface area contributed by atoms with E-state index in [2.05, 4.69) is 0 Å². The van der Waals surface area contributed by atoms with Gasteiger partial charge in [-0.2, -0.15) is 4.31 Å². The first-order chi connectivity index (χ1) is 11.4. The predicted octanol–water partition coefficient (Wildman–Crippen LogP) is 3.50. The van der Waals surface area contributed by atoms with Crippen molar-refractivity contribution in [1.29, 1.82) is 0 Å². The Kier molecular flexibility index (Phi) is 4.56. The molecule has 128 valence electrons. The molecule has 2 aromatic rings. The molecule has 0 amide bonds. The molecule has 0 bridgehead atoms. The number of sulfonamides is 1. The molecular weight excluding hydrogens is 336 g/mol. The highest BCUT2D eigenvalue weighted by Gasteiger charge is 2.39. The molecule has 4 nitrogen and oxygen atoms in total. The minimum Gasteiger partial charge on any atom is -0.497 e. The van der Waals surface area contributed by atoms with Crippen molar-refractivity contribution in [1.82, 2.24) is 4.31 Å². The summed E-state index contributed by atoms with van der Waals surface area (Å²) in [6, 6.07) is 9.64. The van der Waals surface area contributed by atoms with Crippen LogP contribution in [-0.4, -0.2) is 26.4 Å². The maximum Gasteiger partial charge on any atom is 0.249 e. The van der Waals surface area contributed by atoms with E-state index in [9.17, 15) is 17.2 Å². The van der Waals surface area contributed by atoms with Crippen LogP contribution in [0.4, 0.5) is 8.78 Å². The number of hydrogen-bond acceptors (Lipinski definition) is 3. The van der Waals surface area contributed by atoms with Gasteiger partial charge in [0.1, 0.15) is 17.4 Å². The molecule has 0 aromatic heterocycles. The van der Waals surface area contributed by atoms with E-state index in [-0.39, 0.29) is 6.54 Å². The fourth-order valence-electron chi connectivity index (χ4n) is 3.06. The third-order valence-electron chi connectivity index (χ3n) is 4.17. The Morgan fingerprint density at radius 1 is 1.12 bits per heavy atom. The number of hydrogen-bond donors (Lipinski definition) is 0. The van der Waals surface area contributed by atoms with E-state index in [1.54, 1.807) is 24.3 Å². The van der Waals surface area contributed by atoms with Gasteiger partial charge in [0.15, 0.2) is 4.90 Å². The average molecular weight is 353 g/mol. The van der Waals surface area contributed by atoms with Gasteiger partial charge in [-0.05, 0) is 42.7 Å². The highest BCUT2D eigenvalue weighted by Crippen LogP contribution is 2.38. The van der Waals surface area contributed by atoms with Crippen molar-refractivity contribution >= 4 is 10.0 Å². The summed E-state index contributed by atoms with van der Waals surface area (Å²) >= 11 is 0. The third-order valence-corrected chi connectivity index (χ3v) is 6.13. The number of halogens is 2. The topological polar surface area (TPSA) is 46.6 Å². The molecule has 24 heavy (non-hydrogen) atoms. The highest BCUT2D eigenvalue weighted by molar-refractivity contribution is 7.89. The molecule has 1 aliphatic heterocycles. The van der Waals surface area contributed by atoms with Crippen molar-refractivity contribution in [3.8, 4) is 5.75 Å². The van der Waals surface area contributed by atoms with Crippen LogP contribution in [0.25, 0.3) is 0 Å². The zero-order valence-electron chi connectivity index (χ0n) is 13.1. The van der Waals surface area contributed by atoms with E-state index in [0.29, 0.717) is 18.6 Å². The second kappa shape index (κ2) is 6.49. The van der Waals surface area contributed by atoms with Gasteiger partial charge in [-0.1, -0.05) is 18.2 Å². The van der Waals surface area contributed by atoms with Gasteiger partial charge in [-0.15, -0.1) is 0 Å². The second-order valence-corrected chi connectivity index (χ2v) is 7.43. The lowest BCUT2D eigenvalue weighted by Gasteiger charge is -2.25. The first kappa shape index (κ1) is 16.9. The van der Waals surface area contributed by atoms with Crippen LogP contribution in [0.2, 0.25) is 0 Å². The smallest absolute Gasteiger partial charge is 0.249 e. The van der Waals surface area contributed by atoms with E-state index in [1.807, 2.05) is 0 Å². The van der Waals surface area contributed by atoms with Crippen molar-refractivity contribution in [3.63, 3.8) is 0 Å². The summed E-state index contributed by atoms with van der Waals surface area (Å²) in [4.78, 5) is -0.889. The minimum absolute atomic E-state index is 0.220. The molecule has 1 atom stereocenters.